The molecule has 1 N–H and O–H groups in total. The highest BCUT2D eigenvalue weighted by Crippen LogP contribution is 2.37. The molecule has 22 heavy (non-hydrogen) atoms. The average molecular weight is 318 g/mol. The molecule has 2 aromatic rings. The fraction of sp³-hybridized carbons (Fsp3) is 0.176. The number of thioether (sulfide) groups is 1. The summed E-state index contributed by atoms with van der Waals surface area (Å²) in [5, 5.41) is 9.18. The number of halogens is 1. The van der Waals surface area contributed by atoms with Gasteiger partial charge in [-0.3, -0.25) is 9.59 Å². The second-order valence-corrected chi connectivity index (χ2v) is 6.61. The molecule has 0 spiro atoms. The van der Waals surface area contributed by atoms with Crippen LogP contribution in [0.2, 0.25) is 0 Å². The number of rotatable bonds is 4. The van der Waals surface area contributed by atoms with Gasteiger partial charge in [0, 0.05) is 6.92 Å². The Balaban J connectivity index is 2.36. The third-order valence-corrected chi connectivity index (χ3v) is 4.48. The highest BCUT2D eigenvalue weighted by molar-refractivity contribution is 8.14. The van der Waals surface area contributed by atoms with Gasteiger partial charge in [0.1, 0.15) is 10.6 Å². The summed E-state index contributed by atoms with van der Waals surface area (Å²) in [6.07, 6.45) is 0. The first-order valence-corrected chi connectivity index (χ1v) is 7.44. The quantitative estimate of drug-likeness (QED) is 0.923. The summed E-state index contributed by atoms with van der Waals surface area (Å²) >= 11 is 0.779. The molecule has 0 radical (unpaired) electrons. The topological polar surface area (TPSA) is 54.4 Å². The van der Waals surface area contributed by atoms with Gasteiger partial charge in [0.25, 0.3) is 0 Å². The van der Waals surface area contributed by atoms with Crippen LogP contribution in [0.4, 0.5) is 4.39 Å². The van der Waals surface area contributed by atoms with E-state index >= 15 is 0 Å². The average Bonchev–Trinajstić information content (AvgIpc) is 2.47. The van der Waals surface area contributed by atoms with Crippen LogP contribution in [0, 0.1) is 5.82 Å². The van der Waals surface area contributed by atoms with Gasteiger partial charge in [-0.2, -0.15) is 0 Å². The molecule has 0 heterocycles. The van der Waals surface area contributed by atoms with Gasteiger partial charge in [-0.25, -0.2) is 4.39 Å². The summed E-state index contributed by atoms with van der Waals surface area (Å²) < 4.78 is 11.6. The van der Waals surface area contributed by atoms with Crippen molar-refractivity contribution in [3.05, 3.63) is 59.9 Å². The Hall–Kier alpha value is -2.14. The molecule has 2 aromatic carbocycles. The number of aliphatic carboxylic acids is 1. The van der Waals surface area contributed by atoms with E-state index in [0.717, 1.165) is 22.9 Å². The molecule has 3 nitrogen and oxygen atoms in total. The molecule has 2 rings (SSSR count). The molecular formula is C17H15FO3S. The summed E-state index contributed by atoms with van der Waals surface area (Å²) in [7, 11) is 0. The zero-order valence-electron chi connectivity index (χ0n) is 12.2. The van der Waals surface area contributed by atoms with Crippen molar-refractivity contribution in [1.29, 1.82) is 0 Å². The predicted molar refractivity (Wildman–Crippen MR) is 85.1 cm³/mol. The molecule has 0 aliphatic rings. The summed E-state index contributed by atoms with van der Waals surface area (Å²) in [6, 6.07) is 13.0. The Morgan fingerprint density at radius 1 is 1.00 bits per heavy atom. The van der Waals surface area contributed by atoms with E-state index in [4.69, 9.17) is 0 Å². The fourth-order valence-electron chi connectivity index (χ4n) is 2.14. The molecule has 0 saturated carbocycles. The van der Waals surface area contributed by atoms with Gasteiger partial charge < -0.3 is 5.11 Å². The Bertz CT molecular complexity index is 695. The van der Waals surface area contributed by atoms with Crippen LogP contribution in [0.1, 0.15) is 19.4 Å². The van der Waals surface area contributed by atoms with E-state index in [1.807, 2.05) is 0 Å². The number of benzene rings is 2. The van der Waals surface area contributed by atoms with Gasteiger partial charge in [0.15, 0.2) is 5.12 Å². The summed E-state index contributed by atoms with van der Waals surface area (Å²) in [6.45, 7) is 2.85. The molecule has 114 valence electrons. The largest absolute Gasteiger partial charge is 0.480 e. The van der Waals surface area contributed by atoms with Crippen LogP contribution in [-0.4, -0.2) is 16.2 Å². The van der Waals surface area contributed by atoms with Crippen LogP contribution in [0.25, 0.3) is 11.1 Å². The Morgan fingerprint density at radius 3 is 1.86 bits per heavy atom. The van der Waals surface area contributed by atoms with Gasteiger partial charge in [0.05, 0.1) is 0 Å². The third kappa shape index (κ3) is 3.36. The van der Waals surface area contributed by atoms with E-state index in [-0.39, 0.29) is 10.9 Å². The lowest BCUT2D eigenvalue weighted by Gasteiger charge is -2.23. The minimum atomic E-state index is -1.33. The molecular weight excluding hydrogens is 303 g/mol. The lowest BCUT2D eigenvalue weighted by molar-refractivity contribution is -0.139. The molecule has 0 amide bonds. The molecule has 0 saturated heterocycles. The lowest BCUT2D eigenvalue weighted by Crippen LogP contribution is -2.29. The molecule has 0 aliphatic heterocycles. The van der Waals surface area contributed by atoms with Crippen molar-refractivity contribution in [1.82, 2.24) is 0 Å². The molecule has 0 aliphatic carbocycles. The zero-order chi connectivity index (χ0) is 16.3. The second kappa shape index (κ2) is 6.32. The van der Waals surface area contributed by atoms with Crippen molar-refractivity contribution in [2.75, 3.05) is 0 Å². The van der Waals surface area contributed by atoms with Crippen molar-refractivity contribution < 1.29 is 19.1 Å². The standard InChI is InChI=1S/C17H15FO3S/c1-11(19)22-17(2,16(20)21)14-7-3-12(4-8-14)13-5-9-15(18)10-6-13/h3-10H,1-2H3,(H,20,21). The normalized spacial score (nSPS) is 13.4. The molecule has 0 aromatic heterocycles. The van der Waals surface area contributed by atoms with Crippen LogP contribution < -0.4 is 0 Å². The number of carbonyl (C=O) groups excluding carboxylic acids is 1. The summed E-state index contributed by atoms with van der Waals surface area (Å²) in [5.74, 6) is -1.38. The Labute approximate surface area is 132 Å². The first-order chi connectivity index (χ1) is 10.3. The number of carboxylic acid groups (broad SMARTS) is 1. The fourth-order valence-corrected chi connectivity index (χ4v) is 3.05. The van der Waals surface area contributed by atoms with Gasteiger partial charge in [-0.05, 0) is 35.7 Å². The Kier molecular flexibility index (Phi) is 4.66. The van der Waals surface area contributed by atoms with Crippen LogP contribution in [0.5, 0.6) is 0 Å². The number of hydrogen-bond acceptors (Lipinski definition) is 3. The van der Waals surface area contributed by atoms with Crippen LogP contribution >= 0.6 is 11.8 Å². The van der Waals surface area contributed by atoms with Gasteiger partial charge in [-0.1, -0.05) is 48.2 Å². The first-order valence-electron chi connectivity index (χ1n) is 6.62. The summed E-state index contributed by atoms with van der Waals surface area (Å²) in [4.78, 5) is 22.9. The van der Waals surface area contributed by atoms with Gasteiger partial charge >= 0.3 is 5.97 Å². The predicted octanol–water partition coefficient (Wildman–Crippen LogP) is 4.07. The van der Waals surface area contributed by atoms with E-state index in [9.17, 15) is 19.1 Å². The highest BCUT2D eigenvalue weighted by atomic mass is 32.2. The van der Waals surface area contributed by atoms with Gasteiger partial charge in [0.2, 0.25) is 0 Å². The van der Waals surface area contributed by atoms with Crippen LogP contribution in [-0.2, 0) is 14.3 Å². The van der Waals surface area contributed by atoms with Crippen LogP contribution in [0.15, 0.2) is 48.5 Å². The van der Waals surface area contributed by atoms with Crippen molar-refractivity contribution in [3.8, 4) is 11.1 Å². The van der Waals surface area contributed by atoms with E-state index in [0.29, 0.717) is 5.56 Å². The maximum atomic E-state index is 12.9. The van der Waals surface area contributed by atoms with E-state index in [2.05, 4.69) is 0 Å². The van der Waals surface area contributed by atoms with Crippen molar-refractivity contribution in [2.45, 2.75) is 18.6 Å². The highest BCUT2D eigenvalue weighted by Gasteiger charge is 2.37. The second-order valence-electron chi connectivity index (χ2n) is 5.02. The van der Waals surface area contributed by atoms with Crippen molar-refractivity contribution in [2.24, 2.45) is 0 Å². The first kappa shape index (κ1) is 16.2. The minimum absolute atomic E-state index is 0.257. The SMILES string of the molecule is CC(=O)SC(C)(C(=O)O)c1ccc(-c2ccc(F)cc2)cc1. The van der Waals surface area contributed by atoms with E-state index < -0.39 is 10.7 Å². The van der Waals surface area contributed by atoms with E-state index in [1.165, 1.54) is 26.0 Å². The molecule has 1 atom stereocenters. The molecule has 5 heteroatoms. The van der Waals surface area contributed by atoms with Crippen molar-refractivity contribution in [3.63, 3.8) is 0 Å². The van der Waals surface area contributed by atoms with E-state index in [1.54, 1.807) is 36.4 Å². The number of carboxylic acids is 1. The molecule has 1 unspecified atom stereocenters. The maximum absolute atomic E-state index is 12.9. The lowest BCUT2D eigenvalue weighted by atomic mass is 9.97. The monoisotopic (exact) mass is 318 g/mol. The minimum Gasteiger partial charge on any atom is -0.480 e. The van der Waals surface area contributed by atoms with Gasteiger partial charge in [-0.15, -0.1) is 0 Å². The summed E-state index contributed by atoms with van der Waals surface area (Å²) in [5.41, 5.74) is 2.22. The van der Waals surface area contributed by atoms with Crippen LogP contribution in [0.3, 0.4) is 0 Å². The smallest absolute Gasteiger partial charge is 0.324 e. The molecule has 0 bridgehead atoms. The Morgan fingerprint density at radius 2 is 1.45 bits per heavy atom. The zero-order valence-corrected chi connectivity index (χ0v) is 13.0. The number of hydrogen-bond donors (Lipinski definition) is 1. The van der Waals surface area contributed by atoms with Crippen molar-refractivity contribution >= 4 is 22.8 Å². The third-order valence-electron chi connectivity index (χ3n) is 3.37. The number of carbonyl (C=O) groups is 2. The maximum Gasteiger partial charge on any atom is 0.324 e. The molecule has 0 fully saturated rings.